The van der Waals surface area contributed by atoms with Gasteiger partial charge in [0.1, 0.15) is 11.4 Å². The minimum absolute atomic E-state index is 0.366. The van der Waals surface area contributed by atoms with Gasteiger partial charge in [0.05, 0.1) is 12.1 Å². The van der Waals surface area contributed by atoms with Crippen molar-refractivity contribution in [1.82, 2.24) is 4.57 Å². The van der Waals surface area contributed by atoms with Gasteiger partial charge < -0.3 is 9.47 Å². The summed E-state index contributed by atoms with van der Waals surface area (Å²) in [6, 6.07) is 7.58. The van der Waals surface area contributed by atoms with Crippen LogP contribution in [0.25, 0.3) is 10.9 Å². The Labute approximate surface area is 119 Å². The van der Waals surface area contributed by atoms with Crippen LogP contribution >= 0.6 is 0 Å². The predicted octanol–water partition coefficient (Wildman–Crippen LogP) is 4.21. The van der Waals surface area contributed by atoms with Crippen LogP contribution in [0.2, 0.25) is 0 Å². The Morgan fingerprint density at radius 2 is 2.00 bits per heavy atom. The second kappa shape index (κ2) is 5.57. The highest BCUT2D eigenvalue weighted by molar-refractivity contribution is 5.90. The molecule has 0 fully saturated rings. The molecule has 20 heavy (non-hydrogen) atoms. The summed E-state index contributed by atoms with van der Waals surface area (Å²) >= 11 is 0. The van der Waals surface area contributed by atoms with E-state index in [1.54, 1.807) is 6.20 Å². The number of rotatable bonds is 3. The summed E-state index contributed by atoms with van der Waals surface area (Å²) in [7, 11) is 0. The molecule has 0 unspecified atom stereocenters. The van der Waals surface area contributed by atoms with Crippen molar-refractivity contribution in [2.24, 2.45) is 0 Å². The zero-order valence-corrected chi connectivity index (χ0v) is 12.5. The molecule has 2 aromatic rings. The van der Waals surface area contributed by atoms with Crippen molar-refractivity contribution in [1.29, 1.82) is 0 Å². The summed E-state index contributed by atoms with van der Waals surface area (Å²) in [6.07, 6.45) is 2.33. The molecule has 1 heterocycles. The summed E-state index contributed by atoms with van der Waals surface area (Å²) in [5.41, 5.74) is 0.320. The van der Waals surface area contributed by atoms with Gasteiger partial charge in [0.25, 0.3) is 0 Å². The van der Waals surface area contributed by atoms with Gasteiger partial charge in [-0.25, -0.2) is 4.79 Å². The van der Waals surface area contributed by atoms with Crippen LogP contribution in [0.3, 0.4) is 0 Å². The fourth-order valence-electron chi connectivity index (χ4n) is 1.90. The van der Waals surface area contributed by atoms with Crippen molar-refractivity contribution < 1.29 is 14.3 Å². The predicted molar refractivity (Wildman–Crippen MR) is 79.4 cm³/mol. The zero-order chi connectivity index (χ0) is 14.8. The molecular formula is C16H21NO3. The molecule has 0 N–H and O–H groups in total. The average Bonchev–Trinajstić information content (AvgIpc) is 2.77. The lowest BCUT2D eigenvalue weighted by atomic mass is 10.2. The van der Waals surface area contributed by atoms with E-state index in [-0.39, 0.29) is 6.09 Å². The number of benzene rings is 1. The Bertz CT molecular complexity index is 608. The first-order valence-corrected chi connectivity index (χ1v) is 6.88. The Hall–Kier alpha value is -1.97. The van der Waals surface area contributed by atoms with Gasteiger partial charge in [-0.3, -0.25) is 4.57 Å². The number of carbonyl (C=O) groups excluding carboxylic acids is 1. The molecule has 2 rings (SSSR count). The number of carbonyl (C=O) groups is 1. The Kier molecular flexibility index (Phi) is 4.02. The Balaban J connectivity index is 2.26. The highest BCUT2D eigenvalue weighted by atomic mass is 16.6. The van der Waals surface area contributed by atoms with E-state index in [0.717, 1.165) is 23.1 Å². The number of hydrogen-bond donors (Lipinski definition) is 0. The maximum atomic E-state index is 12.1. The summed E-state index contributed by atoms with van der Waals surface area (Å²) < 4.78 is 12.5. The topological polar surface area (TPSA) is 40.5 Å². The number of aromatic nitrogens is 1. The number of nitrogens with zero attached hydrogens (tertiary/aromatic N) is 1. The molecule has 0 aliphatic rings. The van der Waals surface area contributed by atoms with Crippen molar-refractivity contribution in [3.8, 4) is 5.75 Å². The number of ether oxygens (including phenoxy) is 2. The third kappa shape index (κ3) is 3.32. The van der Waals surface area contributed by atoms with Gasteiger partial charge in [0, 0.05) is 11.6 Å². The van der Waals surface area contributed by atoms with Gasteiger partial charge in [-0.1, -0.05) is 6.92 Å². The van der Waals surface area contributed by atoms with Gasteiger partial charge in [0.15, 0.2) is 0 Å². The molecule has 1 aromatic carbocycles. The van der Waals surface area contributed by atoms with Crippen LogP contribution in [0, 0.1) is 0 Å². The monoisotopic (exact) mass is 275 g/mol. The second-order valence-electron chi connectivity index (χ2n) is 5.74. The van der Waals surface area contributed by atoms with E-state index in [2.05, 4.69) is 6.92 Å². The van der Waals surface area contributed by atoms with Gasteiger partial charge in [-0.05, 0) is 51.5 Å². The quantitative estimate of drug-likeness (QED) is 0.842. The number of hydrogen-bond acceptors (Lipinski definition) is 3. The van der Waals surface area contributed by atoms with Gasteiger partial charge >= 0.3 is 6.09 Å². The van der Waals surface area contributed by atoms with Crippen LogP contribution in [-0.4, -0.2) is 22.9 Å². The molecule has 0 aliphatic carbocycles. The summed E-state index contributed by atoms with van der Waals surface area (Å²) in [5.74, 6) is 0.821. The molecule has 0 radical (unpaired) electrons. The lowest BCUT2D eigenvalue weighted by molar-refractivity contribution is 0.0544. The van der Waals surface area contributed by atoms with Gasteiger partial charge in [0.2, 0.25) is 0 Å². The number of fused-ring (bicyclic) bond motifs is 1. The summed E-state index contributed by atoms with van der Waals surface area (Å²) in [4.78, 5) is 12.1. The first-order valence-electron chi connectivity index (χ1n) is 6.88. The van der Waals surface area contributed by atoms with Crippen molar-refractivity contribution in [2.45, 2.75) is 39.7 Å². The molecule has 0 spiro atoms. The van der Waals surface area contributed by atoms with E-state index in [4.69, 9.17) is 9.47 Å². The maximum absolute atomic E-state index is 12.1. The highest BCUT2D eigenvalue weighted by Crippen LogP contribution is 2.23. The third-order valence-electron chi connectivity index (χ3n) is 2.72. The molecule has 0 aliphatic heterocycles. The third-order valence-corrected chi connectivity index (χ3v) is 2.72. The maximum Gasteiger partial charge on any atom is 0.418 e. The molecule has 0 saturated heterocycles. The first-order chi connectivity index (χ1) is 9.40. The van der Waals surface area contributed by atoms with Crippen LogP contribution in [0.5, 0.6) is 5.75 Å². The van der Waals surface area contributed by atoms with Crippen molar-refractivity contribution in [2.75, 3.05) is 6.61 Å². The molecule has 1 aromatic heterocycles. The fraction of sp³-hybridized carbons (Fsp3) is 0.438. The van der Waals surface area contributed by atoms with E-state index in [9.17, 15) is 4.79 Å². The van der Waals surface area contributed by atoms with E-state index in [1.165, 1.54) is 4.57 Å². The van der Waals surface area contributed by atoms with E-state index in [1.807, 2.05) is 45.0 Å². The van der Waals surface area contributed by atoms with E-state index >= 15 is 0 Å². The molecule has 0 atom stereocenters. The smallest absolute Gasteiger partial charge is 0.418 e. The molecular weight excluding hydrogens is 254 g/mol. The Morgan fingerprint density at radius 3 is 2.65 bits per heavy atom. The van der Waals surface area contributed by atoms with E-state index < -0.39 is 5.60 Å². The second-order valence-corrected chi connectivity index (χ2v) is 5.74. The lowest BCUT2D eigenvalue weighted by Crippen LogP contribution is -2.26. The van der Waals surface area contributed by atoms with Crippen LogP contribution in [0.15, 0.2) is 30.5 Å². The standard InChI is InChI=1S/C16H21NO3/c1-5-10-19-13-6-7-14-12(11-13)8-9-17(14)15(18)20-16(2,3)4/h6-9,11H,5,10H2,1-4H3. The van der Waals surface area contributed by atoms with Gasteiger partial charge in [-0.2, -0.15) is 0 Å². The average molecular weight is 275 g/mol. The van der Waals surface area contributed by atoms with E-state index in [0.29, 0.717) is 6.61 Å². The van der Waals surface area contributed by atoms with Crippen LogP contribution in [0.4, 0.5) is 4.79 Å². The summed E-state index contributed by atoms with van der Waals surface area (Å²) in [5, 5.41) is 0.962. The zero-order valence-electron chi connectivity index (χ0n) is 12.5. The normalized spacial score (nSPS) is 11.6. The van der Waals surface area contributed by atoms with Crippen LogP contribution < -0.4 is 4.74 Å². The minimum Gasteiger partial charge on any atom is -0.494 e. The molecule has 0 saturated carbocycles. The molecule has 0 amide bonds. The van der Waals surface area contributed by atoms with Crippen molar-refractivity contribution in [3.05, 3.63) is 30.5 Å². The molecule has 4 heteroatoms. The fourth-order valence-corrected chi connectivity index (χ4v) is 1.90. The van der Waals surface area contributed by atoms with Gasteiger partial charge in [-0.15, -0.1) is 0 Å². The minimum atomic E-state index is -0.502. The lowest BCUT2D eigenvalue weighted by Gasteiger charge is -2.19. The Morgan fingerprint density at radius 1 is 1.25 bits per heavy atom. The van der Waals surface area contributed by atoms with Crippen molar-refractivity contribution in [3.63, 3.8) is 0 Å². The van der Waals surface area contributed by atoms with Crippen LogP contribution in [-0.2, 0) is 4.74 Å². The first kappa shape index (κ1) is 14.4. The largest absolute Gasteiger partial charge is 0.494 e. The highest BCUT2D eigenvalue weighted by Gasteiger charge is 2.18. The molecule has 0 bridgehead atoms. The summed E-state index contributed by atoms with van der Waals surface area (Å²) in [6.45, 7) is 8.32. The van der Waals surface area contributed by atoms with Crippen LogP contribution in [0.1, 0.15) is 34.1 Å². The van der Waals surface area contributed by atoms with Crippen molar-refractivity contribution >= 4 is 17.0 Å². The SMILES string of the molecule is CCCOc1ccc2c(ccn2C(=O)OC(C)(C)C)c1. The molecule has 4 nitrogen and oxygen atoms in total. The molecule has 108 valence electrons.